The minimum Gasteiger partial charge on any atom is -0.468 e. The molecular formula is C23H19F2N3O3. The van der Waals surface area contributed by atoms with Crippen molar-refractivity contribution in [3.63, 3.8) is 0 Å². The molecule has 4 rings (SSSR count). The van der Waals surface area contributed by atoms with Crippen molar-refractivity contribution in [2.24, 2.45) is 0 Å². The van der Waals surface area contributed by atoms with E-state index in [0.717, 1.165) is 39.0 Å². The lowest BCUT2D eigenvalue weighted by Crippen LogP contribution is -2.23. The lowest BCUT2D eigenvalue weighted by atomic mass is 10.1. The zero-order valence-electron chi connectivity index (χ0n) is 16.9. The number of nitrogens with zero attached hydrogens (tertiary/aromatic N) is 3. The Bertz CT molecular complexity index is 1360. The standard InChI is InChI=1S/C23H19F2N3O3/c1-14-23(17-5-3-4-6-20(17)27(14)13-22(30)31-2)19-9-10-21(29)28(26-19)12-15-7-8-16(24)11-18(15)25/h3-11H,12-13H2,1-2H3. The molecular weight excluding hydrogens is 404 g/mol. The van der Waals surface area contributed by atoms with Gasteiger partial charge in [0.1, 0.15) is 18.2 Å². The van der Waals surface area contributed by atoms with Crippen LogP contribution in [0.4, 0.5) is 8.78 Å². The first kappa shape index (κ1) is 20.5. The SMILES string of the molecule is COC(=O)Cn1c(C)c(-c2ccc(=O)n(Cc3ccc(F)cc3F)n2)c2ccccc21. The number of carbonyl (C=O) groups is 1. The van der Waals surface area contributed by atoms with E-state index in [1.54, 1.807) is 6.07 Å². The number of aromatic nitrogens is 3. The Hall–Kier alpha value is -3.81. The van der Waals surface area contributed by atoms with Crippen molar-refractivity contribution in [3.05, 3.63) is 87.8 Å². The van der Waals surface area contributed by atoms with Crippen LogP contribution in [-0.4, -0.2) is 27.4 Å². The second-order valence-corrected chi connectivity index (χ2v) is 7.09. The summed E-state index contributed by atoms with van der Waals surface area (Å²) in [7, 11) is 1.33. The maximum Gasteiger partial charge on any atom is 0.325 e. The largest absolute Gasteiger partial charge is 0.468 e. The molecule has 2 heterocycles. The van der Waals surface area contributed by atoms with E-state index in [2.05, 4.69) is 5.10 Å². The van der Waals surface area contributed by atoms with Crippen molar-refractivity contribution < 1.29 is 18.3 Å². The highest BCUT2D eigenvalue weighted by Crippen LogP contribution is 2.33. The summed E-state index contributed by atoms with van der Waals surface area (Å²) in [6, 6.07) is 13.7. The van der Waals surface area contributed by atoms with E-state index in [4.69, 9.17) is 4.74 Å². The van der Waals surface area contributed by atoms with E-state index in [1.165, 1.54) is 19.2 Å². The van der Waals surface area contributed by atoms with Gasteiger partial charge in [0, 0.05) is 39.9 Å². The van der Waals surface area contributed by atoms with Crippen molar-refractivity contribution in [1.29, 1.82) is 0 Å². The molecule has 0 saturated heterocycles. The van der Waals surface area contributed by atoms with E-state index in [0.29, 0.717) is 5.69 Å². The fourth-order valence-electron chi connectivity index (χ4n) is 3.66. The molecule has 158 valence electrons. The summed E-state index contributed by atoms with van der Waals surface area (Å²) in [6.07, 6.45) is 0. The quantitative estimate of drug-likeness (QED) is 0.460. The van der Waals surface area contributed by atoms with Gasteiger partial charge in [0.25, 0.3) is 5.56 Å². The van der Waals surface area contributed by atoms with Gasteiger partial charge in [-0.3, -0.25) is 9.59 Å². The Labute approximate surface area is 176 Å². The van der Waals surface area contributed by atoms with Crippen molar-refractivity contribution in [2.45, 2.75) is 20.0 Å². The predicted molar refractivity (Wildman–Crippen MR) is 112 cm³/mol. The van der Waals surface area contributed by atoms with Crippen LogP contribution in [0.5, 0.6) is 0 Å². The van der Waals surface area contributed by atoms with Gasteiger partial charge in [0.15, 0.2) is 0 Å². The molecule has 0 radical (unpaired) electrons. The number of fused-ring (bicyclic) bond motifs is 1. The number of hydrogen-bond donors (Lipinski definition) is 0. The van der Waals surface area contributed by atoms with Crippen LogP contribution in [0.15, 0.2) is 59.4 Å². The smallest absolute Gasteiger partial charge is 0.325 e. The lowest BCUT2D eigenvalue weighted by molar-refractivity contribution is -0.141. The van der Waals surface area contributed by atoms with Crippen LogP contribution >= 0.6 is 0 Å². The Kier molecular flexibility index (Phi) is 5.37. The lowest BCUT2D eigenvalue weighted by Gasteiger charge is -2.09. The van der Waals surface area contributed by atoms with Gasteiger partial charge >= 0.3 is 5.97 Å². The molecule has 0 saturated carbocycles. The number of carbonyl (C=O) groups excluding carboxylic acids is 1. The van der Waals surface area contributed by atoms with Crippen LogP contribution in [0.25, 0.3) is 22.2 Å². The molecule has 6 nitrogen and oxygen atoms in total. The summed E-state index contributed by atoms with van der Waals surface area (Å²) in [5.74, 6) is -1.82. The summed E-state index contributed by atoms with van der Waals surface area (Å²) >= 11 is 0. The molecule has 31 heavy (non-hydrogen) atoms. The first-order valence-corrected chi connectivity index (χ1v) is 9.56. The second kappa shape index (κ2) is 8.14. The van der Waals surface area contributed by atoms with Gasteiger partial charge in [-0.15, -0.1) is 0 Å². The normalized spacial score (nSPS) is 11.1. The number of hydrogen-bond acceptors (Lipinski definition) is 4. The number of benzene rings is 2. The molecule has 0 unspecified atom stereocenters. The number of ether oxygens (including phenoxy) is 1. The van der Waals surface area contributed by atoms with Crippen LogP contribution in [-0.2, 0) is 22.6 Å². The van der Waals surface area contributed by atoms with Gasteiger partial charge < -0.3 is 9.30 Å². The number of halogens is 2. The van der Waals surface area contributed by atoms with Crippen molar-refractivity contribution in [2.75, 3.05) is 7.11 Å². The third-order valence-electron chi connectivity index (χ3n) is 5.20. The summed E-state index contributed by atoms with van der Waals surface area (Å²) in [6.45, 7) is 1.75. The van der Waals surface area contributed by atoms with Crippen LogP contribution < -0.4 is 5.56 Å². The van der Waals surface area contributed by atoms with Crippen LogP contribution in [0.1, 0.15) is 11.3 Å². The molecule has 0 spiro atoms. The van der Waals surface area contributed by atoms with Crippen LogP contribution in [0.2, 0.25) is 0 Å². The average Bonchev–Trinajstić information content (AvgIpc) is 3.03. The van der Waals surface area contributed by atoms with Gasteiger partial charge in [-0.25, -0.2) is 13.5 Å². The van der Waals surface area contributed by atoms with E-state index < -0.39 is 17.2 Å². The molecule has 2 aromatic heterocycles. The Balaban J connectivity index is 1.84. The highest BCUT2D eigenvalue weighted by molar-refractivity contribution is 5.97. The van der Waals surface area contributed by atoms with Crippen molar-refractivity contribution in [1.82, 2.24) is 14.3 Å². The van der Waals surface area contributed by atoms with Gasteiger partial charge in [0.05, 0.1) is 19.3 Å². The maximum atomic E-state index is 14.1. The third kappa shape index (κ3) is 3.84. The van der Waals surface area contributed by atoms with E-state index in [1.807, 2.05) is 35.8 Å². The zero-order chi connectivity index (χ0) is 22.1. The number of para-hydroxylation sites is 1. The fraction of sp³-hybridized carbons (Fsp3) is 0.174. The number of esters is 1. The molecule has 0 amide bonds. The number of rotatable bonds is 5. The molecule has 0 bridgehead atoms. The number of methoxy groups -OCH3 is 1. The van der Waals surface area contributed by atoms with Crippen LogP contribution in [0.3, 0.4) is 0 Å². The monoisotopic (exact) mass is 423 g/mol. The second-order valence-electron chi connectivity index (χ2n) is 7.09. The van der Waals surface area contributed by atoms with E-state index in [-0.39, 0.29) is 24.6 Å². The summed E-state index contributed by atoms with van der Waals surface area (Å²) in [5, 5.41) is 5.30. The molecule has 0 atom stereocenters. The van der Waals surface area contributed by atoms with Gasteiger partial charge in [-0.1, -0.05) is 24.3 Å². The molecule has 0 aliphatic carbocycles. The minimum atomic E-state index is -0.745. The first-order valence-electron chi connectivity index (χ1n) is 9.56. The molecule has 2 aromatic carbocycles. The zero-order valence-corrected chi connectivity index (χ0v) is 16.9. The molecule has 0 N–H and O–H groups in total. The average molecular weight is 423 g/mol. The summed E-state index contributed by atoms with van der Waals surface area (Å²) < 4.78 is 35.1. The van der Waals surface area contributed by atoms with E-state index >= 15 is 0 Å². The van der Waals surface area contributed by atoms with E-state index in [9.17, 15) is 18.4 Å². The highest BCUT2D eigenvalue weighted by Gasteiger charge is 2.19. The topological polar surface area (TPSA) is 66.1 Å². The first-order chi connectivity index (χ1) is 14.9. The molecule has 0 aliphatic heterocycles. The molecule has 0 fully saturated rings. The molecule has 4 aromatic rings. The molecule has 8 heteroatoms. The Morgan fingerprint density at radius 2 is 1.87 bits per heavy atom. The molecule has 0 aliphatic rings. The predicted octanol–water partition coefficient (Wildman–Crippen LogP) is 3.67. The summed E-state index contributed by atoms with van der Waals surface area (Å²) in [4.78, 5) is 24.3. The van der Waals surface area contributed by atoms with Gasteiger partial charge in [-0.2, -0.15) is 5.10 Å². The van der Waals surface area contributed by atoms with Crippen molar-refractivity contribution >= 4 is 16.9 Å². The minimum absolute atomic E-state index is 0.0310. The fourth-order valence-corrected chi connectivity index (χ4v) is 3.66. The highest BCUT2D eigenvalue weighted by atomic mass is 19.1. The van der Waals surface area contributed by atoms with Crippen molar-refractivity contribution in [3.8, 4) is 11.3 Å². The third-order valence-corrected chi connectivity index (χ3v) is 5.20. The van der Waals surface area contributed by atoms with Gasteiger partial charge in [0.2, 0.25) is 0 Å². The Morgan fingerprint density at radius 3 is 2.61 bits per heavy atom. The van der Waals surface area contributed by atoms with Crippen LogP contribution in [0, 0.1) is 18.6 Å². The maximum absolute atomic E-state index is 14.1. The van der Waals surface area contributed by atoms with Gasteiger partial charge in [-0.05, 0) is 25.1 Å². The summed E-state index contributed by atoms with van der Waals surface area (Å²) in [5.41, 5.74) is 2.59. The Morgan fingerprint density at radius 1 is 1.10 bits per heavy atom.